The van der Waals surface area contributed by atoms with Crippen LogP contribution in [0.4, 0.5) is 11.4 Å². The number of nitro benzene ring substituents is 1. The molecule has 0 saturated heterocycles. The Morgan fingerprint density at radius 3 is 1.30 bits per heavy atom. The lowest BCUT2D eigenvalue weighted by Crippen LogP contribution is -2.18. The number of hydrogen-bond acceptors (Lipinski definition) is 18. The molecule has 0 aliphatic rings. The molecular formula is C78H102N2O17. The number of nitrogens with zero attached hydrogens (tertiary/aromatic N) is 1. The normalized spacial score (nSPS) is 11.2. The van der Waals surface area contributed by atoms with Crippen molar-refractivity contribution < 1.29 is 76.3 Å². The van der Waals surface area contributed by atoms with Crippen molar-refractivity contribution in [3.05, 3.63) is 161 Å². The lowest BCUT2D eigenvalue weighted by atomic mass is 10.0. The van der Waals surface area contributed by atoms with Gasteiger partial charge < -0.3 is 48.4 Å². The summed E-state index contributed by atoms with van der Waals surface area (Å²) < 4.78 is 50.6. The Morgan fingerprint density at radius 1 is 0.443 bits per heavy atom. The Balaban J connectivity index is 1.06. The standard InChI is InChI=1S/C78H102N2O17/c1-5-8-9-28-35-59(4)95-72-58-70(79)68(57-71(72)80(87)88)60-36-38-61(39-37-60)75(83)93-54-33-26-20-21-27-34-55-94-77(85)69-56-62(76(84)96-65-45-41-63(42-46-65)89-50-29-22-16-12-10-14-18-24-31-52-91-73(81)6-2)40-49-67(69)78(86)97-66-47-43-64(44-48-66)90-51-30-23-17-13-11-15-19-25-32-53-92-74(82)7-3/h6-7,36-49,56-59H,2-3,5,8-35,50-55,79H2,1,4H3/t59-/m0/s1. The maximum Gasteiger partial charge on any atom is 0.344 e. The predicted octanol–water partition coefficient (Wildman–Crippen LogP) is 18.6. The van der Waals surface area contributed by atoms with Crippen LogP contribution >= 0.6 is 0 Å². The Hall–Kier alpha value is -9.00. The van der Waals surface area contributed by atoms with Crippen LogP contribution in [0.1, 0.15) is 241 Å². The molecule has 0 heterocycles. The molecule has 0 aliphatic carbocycles. The number of ether oxygens (including phenoxy) is 9. The molecule has 0 aromatic heterocycles. The molecule has 5 rings (SSSR count). The number of hydrogen-bond donors (Lipinski definition) is 1. The van der Waals surface area contributed by atoms with Crippen LogP contribution in [0.3, 0.4) is 0 Å². The molecule has 526 valence electrons. The molecule has 0 radical (unpaired) electrons. The van der Waals surface area contributed by atoms with Crippen LogP contribution in [0.5, 0.6) is 28.7 Å². The van der Waals surface area contributed by atoms with Crippen molar-refractivity contribution >= 4 is 47.2 Å². The Morgan fingerprint density at radius 2 is 0.845 bits per heavy atom. The molecule has 97 heavy (non-hydrogen) atoms. The Kier molecular flexibility index (Phi) is 38.1. The zero-order chi connectivity index (χ0) is 69.7. The number of esters is 6. The van der Waals surface area contributed by atoms with Crippen molar-refractivity contribution in [3.8, 4) is 39.9 Å². The van der Waals surface area contributed by atoms with Crippen molar-refractivity contribution in [3.63, 3.8) is 0 Å². The third kappa shape index (κ3) is 31.6. The minimum Gasteiger partial charge on any atom is -0.494 e. The largest absolute Gasteiger partial charge is 0.494 e. The summed E-state index contributed by atoms with van der Waals surface area (Å²) in [6.45, 7) is 13.1. The van der Waals surface area contributed by atoms with E-state index in [0.29, 0.717) is 73.1 Å². The van der Waals surface area contributed by atoms with Gasteiger partial charge in [0.05, 0.1) is 72.9 Å². The third-order valence-corrected chi connectivity index (χ3v) is 16.3. The van der Waals surface area contributed by atoms with Crippen LogP contribution in [0.25, 0.3) is 11.1 Å². The van der Waals surface area contributed by atoms with E-state index < -0.39 is 28.8 Å². The van der Waals surface area contributed by atoms with Gasteiger partial charge in [-0.3, -0.25) is 10.1 Å². The molecule has 0 aliphatic heterocycles. The van der Waals surface area contributed by atoms with Crippen molar-refractivity contribution in [1.82, 2.24) is 0 Å². The number of unbranched alkanes of at least 4 members (excludes halogenated alkanes) is 24. The van der Waals surface area contributed by atoms with E-state index in [2.05, 4.69) is 20.1 Å². The van der Waals surface area contributed by atoms with Crippen molar-refractivity contribution in [2.24, 2.45) is 0 Å². The van der Waals surface area contributed by atoms with Crippen molar-refractivity contribution in [2.75, 3.05) is 45.4 Å². The minimum atomic E-state index is -0.829. The number of benzene rings is 5. The first-order valence-corrected chi connectivity index (χ1v) is 35.0. The summed E-state index contributed by atoms with van der Waals surface area (Å²) in [5.74, 6) is -1.80. The van der Waals surface area contributed by atoms with Crippen LogP contribution in [-0.4, -0.2) is 86.5 Å². The lowest BCUT2D eigenvalue weighted by molar-refractivity contribution is -0.386. The number of carbonyl (C=O) groups excluding carboxylic acids is 6. The summed E-state index contributed by atoms with van der Waals surface area (Å²) in [5, 5.41) is 12.1. The van der Waals surface area contributed by atoms with Gasteiger partial charge in [0.25, 0.3) is 0 Å². The van der Waals surface area contributed by atoms with Gasteiger partial charge in [0.1, 0.15) is 23.0 Å². The van der Waals surface area contributed by atoms with Gasteiger partial charge >= 0.3 is 41.5 Å². The Labute approximate surface area is 573 Å². The number of rotatable bonds is 52. The van der Waals surface area contributed by atoms with E-state index in [-0.39, 0.29) is 70.9 Å². The highest BCUT2D eigenvalue weighted by Gasteiger charge is 2.25. The van der Waals surface area contributed by atoms with Gasteiger partial charge in [-0.05, 0) is 143 Å². The molecule has 0 unspecified atom stereocenters. The first-order chi connectivity index (χ1) is 47.2. The number of nitrogens with two attached hydrogens (primary N) is 1. The van der Waals surface area contributed by atoms with E-state index in [1.165, 1.54) is 42.5 Å². The van der Waals surface area contributed by atoms with Gasteiger partial charge in [0.2, 0.25) is 0 Å². The van der Waals surface area contributed by atoms with Crippen LogP contribution in [0.15, 0.2) is 128 Å². The van der Waals surface area contributed by atoms with E-state index in [4.69, 9.17) is 48.4 Å². The second-order valence-electron chi connectivity index (χ2n) is 24.2. The molecule has 5 aromatic rings. The van der Waals surface area contributed by atoms with E-state index in [9.17, 15) is 38.9 Å². The fourth-order valence-corrected chi connectivity index (χ4v) is 10.7. The van der Waals surface area contributed by atoms with Crippen LogP contribution in [0, 0.1) is 10.1 Å². The fraction of sp³-hybridized carbons (Fsp3) is 0.487. The number of carbonyl (C=O) groups is 6. The maximum absolute atomic E-state index is 13.8. The predicted molar refractivity (Wildman–Crippen MR) is 376 cm³/mol. The van der Waals surface area contributed by atoms with E-state index in [1.807, 2.05) is 6.92 Å². The summed E-state index contributed by atoms with van der Waals surface area (Å²) in [5.41, 5.74) is 7.65. The van der Waals surface area contributed by atoms with E-state index in [1.54, 1.807) is 72.8 Å². The SMILES string of the molecule is C=CC(=O)OCCCCCCCCCCCOc1ccc(OC(=O)c2ccc(C(=O)Oc3ccc(OCCCCCCCCCCCOC(=O)C=C)cc3)c(C(=O)OCCCCCCCCOC(=O)c3ccc(-c4cc([N+](=O)[O-])c(O[C@@H](C)CCCCCC)cc4N)cc3)c2)cc1. The van der Waals surface area contributed by atoms with Crippen LogP contribution < -0.4 is 29.4 Å². The highest BCUT2D eigenvalue weighted by atomic mass is 16.6. The molecule has 0 amide bonds. The molecule has 0 fully saturated rings. The van der Waals surface area contributed by atoms with Crippen LogP contribution in [-0.2, 0) is 28.5 Å². The zero-order valence-electron chi connectivity index (χ0n) is 57.2. The van der Waals surface area contributed by atoms with Crippen molar-refractivity contribution in [1.29, 1.82) is 0 Å². The fourth-order valence-electron chi connectivity index (χ4n) is 10.7. The molecule has 0 bridgehead atoms. The zero-order valence-corrected chi connectivity index (χ0v) is 57.2. The first kappa shape index (κ1) is 78.7. The highest BCUT2D eigenvalue weighted by Crippen LogP contribution is 2.38. The van der Waals surface area contributed by atoms with Gasteiger partial charge in [-0.1, -0.05) is 167 Å². The van der Waals surface area contributed by atoms with Crippen molar-refractivity contribution in [2.45, 2.75) is 206 Å². The quantitative estimate of drug-likeness (QED) is 0.00555. The molecule has 0 spiro atoms. The molecule has 0 saturated carbocycles. The van der Waals surface area contributed by atoms with Gasteiger partial charge in [0, 0.05) is 35.5 Å². The average molecular weight is 1340 g/mol. The number of nitro groups is 1. The van der Waals surface area contributed by atoms with Gasteiger partial charge in [0.15, 0.2) is 5.75 Å². The van der Waals surface area contributed by atoms with Crippen LogP contribution in [0.2, 0.25) is 0 Å². The summed E-state index contributed by atoms with van der Waals surface area (Å²) in [7, 11) is 0. The van der Waals surface area contributed by atoms with E-state index in [0.717, 1.165) is 173 Å². The summed E-state index contributed by atoms with van der Waals surface area (Å²) in [6, 6.07) is 26.8. The van der Waals surface area contributed by atoms with Gasteiger partial charge in [-0.2, -0.15) is 0 Å². The van der Waals surface area contributed by atoms with E-state index >= 15 is 0 Å². The molecule has 19 heteroatoms. The summed E-state index contributed by atoms with van der Waals surface area (Å²) in [6.07, 6.45) is 30.6. The second-order valence-corrected chi connectivity index (χ2v) is 24.2. The number of anilines is 1. The maximum atomic E-state index is 13.8. The second kappa shape index (κ2) is 47.0. The minimum absolute atomic E-state index is 0.0136. The highest BCUT2D eigenvalue weighted by molar-refractivity contribution is 6.06. The summed E-state index contributed by atoms with van der Waals surface area (Å²) >= 11 is 0. The molecule has 1 atom stereocenters. The van der Waals surface area contributed by atoms with Gasteiger partial charge in [-0.15, -0.1) is 0 Å². The average Bonchev–Trinajstić information content (AvgIpc) is 0.815. The van der Waals surface area contributed by atoms with Gasteiger partial charge in [-0.25, -0.2) is 28.8 Å². The lowest BCUT2D eigenvalue weighted by Gasteiger charge is -2.16. The summed E-state index contributed by atoms with van der Waals surface area (Å²) in [4.78, 5) is 88.0. The molecule has 19 nitrogen and oxygen atoms in total. The molecule has 5 aromatic carbocycles. The Bertz CT molecular complexity index is 3200. The molecule has 2 N–H and O–H groups in total. The molecular weight excluding hydrogens is 1240 g/mol. The number of nitrogen functional groups attached to an aromatic ring is 1. The third-order valence-electron chi connectivity index (χ3n) is 16.3. The monoisotopic (exact) mass is 1340 g/mol. The topological polar surface area (TPSA) is 255 Å². The first-order valence-electron chi connectivity index (χ1n) is 35.0. The smallest absolute Gasteiger partial charge is 0.344 e.